The quantitative estimate of drug-likeness (QED) is 0.635. The van der Waals surface area contributed by atoms with E-state index in [4.69, 9.17) is 0 Å². The van der Waals surface area contributed by atoms with E-state index >= 15 is 0 Å². The molecule has 0 aromatic heterocycles. The molecular weight excluding hydrogens is 326 g/mol. The number of amides is 1. The van der Waals surface area contributed by atoms with Crippen LogP contribution >= 0.6 is 15.9 Å². The molecule has 0 aliphatic carbocycles. The summed E-state index contributed by atoms with van der Waals surface area (Å²) in [5, 5.41) is 16.6. The fourth-order valence-electron chi connectivity index (χ4n) is 1.49. The molecule has 110 valence electrons. The molecule has 1 rings (SSSR count). The third-order valence-corrected chi connectivity index (χ3v) is 3.13. The average Bonchev–Trinajstić information content (AvgIpc) is 2.30. The molecule has 0 bridgehead atoms. The van der Waals surface area contributed by atoms with Crippen LogP contribution in [0.2, 0.25) is 0 Å². The molecule has 0 fully saturated rings. The number of non-ortho nitro benzene ring substituents is 1. The monoisotopic (exact) mass is 343 g/mol. The summed E-state index contributed by atoms with van der Waals surface area (Å²) < 4.78 is 0.611. The molecule has 1 aromatic carbocycles. The van der Waals surface area contributed by atoms with Crippen LogP contribution in [0.1, 0.15) is 27.2 Å². The number of hydrogen-bond acceptors (Lipinski definition) is 4. The van der Waals surface area contributed by atoms with Crippen molar-refractivity contribution in [3.05, 3.63) is 32.8 Å². The summed E-state index contributed by atoms with van der Waals surface area (Å²) >= 11 is 3.26. The number of halogens is 1. The minimum Gasteiger partial charge on any atom is -0.325 e. The highest BCUT2D eigenvalue weighted by atomic mass is 79.9. The van der Waals surface area contributed by atoms with Crippen LogP contribution in [0.25, 0.3) is 0 Å². The number of rotatable bonds is 5. The van der Waals surface area contributed by atoms with Gasteiger partial charge in [-0.25, -0.2) is 0 Å². The highest BCUT2D eigenvalue weighted by Gasteiger charge is 2.13. The van der Waals surface area contributed by atoms with Crippen molar-refractivity contribution in [2.24, 2.45) is 0 Å². The van der Waals surface area contributed by atoms with Gasteiger partial charge in [0.05, 0.1) is 10.6 Å². The van der Waals surface area contributed by atoms with Gasteiger partial charge in [0.15, 0.2) is 0 Å². The predicted octanol–water partition coefficient (Wildman–Crippen LogP) is 3.07. The number of hydrogen-bond donors (Lipinski definition) is 2. The Labute approximate surface area is 126 Å². The molecular formula is C13H18BrN3O3. The molecule has 2 N–H and O–H groups in total. The first-order valence-corrected chi connectivity index (χ1v) is 6.97. The molecule has 7 heteroatoms. The van der Waals surface area contributed by atoms with E-state index in [2.05, 4.69) is 26.6 Å². The van der Waals surface area contributed by atoms with Gasteiger partial charge in [0.1, 0.15) is 0 Å². The first-order chi connectivity index (χ1) is 9.19. The van der Waals surface area contributed by atoms with Crippen molar-refractivity contribution in [2.45, 2.75) is 32.7 Å². The summed E-state index contributed by atoms with van der Waals surface area (Å²) in [7, 11) is 0. The molecule has 0 atom stereocenters. The third-order valence-electron chi connectivity index (χ3n) is 2.44. The molecule has 0 saturated carbocycles. The van der Waals surface area contributed by atoms with Gasteiger partial charge < -0.3 is 10.6 Å². The SMILES string of the molecule is CC(C)(C)NCCC(=O)Nc1cc([N+](=O)[O-])ccc1Br. The lowest BCUT2D eigenvalue weighted by molar-refractivity contribution is -0.384. The zero-order valence-corrected chi connectivity index (χ0v) is 13.3. The van der Waals surface area contributed by atoms with Crippen LogP contribution in [0, 0.1) is 10.1 Å². The maximum Gasteiger partial charge on any atom is 0.271 e. The smallest absolute Gasteiger partial charge is 0.271 e. The number of nitro groups is 1. The maximum absolute atomic E-state index is 11.8. The van der Waals surface area contributed by atoms with E-state index in [9.17, 15) is 14.9 Å². The van der Waals surface area contributed by atoms with Crippen molar-refractivity contribution in [1.29, 1.82) is 0 Å². The van der Waals surface area contributed by atoms with Crippen molar-refractivity contribution in [3.63, 3.8) is 0 Å². The number of nitro benzene ring substituents is 1. The first kappa shape index (κ1) is 16.6. The lowest BCUT2D eigenvalue weighted by atomic mass is 10.1. The van der Waals surface area contributed by atoms with Crippen LogP contribution in [0.15, 0.2) is 22.7 Å². The largest absolute Gasteiger partial charge is 0.325 e. The Morgan fingerprint density at radius 1 is 1.40 bits per heavy atom. The van der Waals surface area contributed by atoms with Crippen molar-refractivity contribution in [2.75, 3.05) is 11.9 Å². The fourth-order valence-corrected chi connectivity index (χ4v) is 1.83. The predicted molar refractivity (Wildman–Crippen MR) is 81.8 cm³/mol. The molecule has 0 aliphatic rings. The van der Waals surface area contributed by atoms with Gasteiger partial charge in [-0.15, -0.1) is 0 Å². The Morgan fingerprint density at radius 2 is 2.05 bits per heavy atom. The third kappa shape index (κ3) is 5.66. The number of carbonyl (C=O) groups is 1. The molecule has 0 radical (unpaired) electrons. The van der Waals surface area contributed by atoms with Gasteiger partial charge in [0, 0.05) is 35.1 Å². The first-order valence-electron chi connectivity index (χ1n) is 6.18. The van der Waals surface area contributed by atoms with E-state index < -0.39 is 4.92 Å². The summed E-state index contributed by atoms with van der Waals surface area (Å²) in [4.78, 5) is 22.0. The molecule has 6 nitrogen and oxygen atoms in total. The van der Waals surface area contributed by atoms with Gasteiger partial charge in [-0.05, 0) is 42.8 Å². The number of anilines is 1. The van der Waals surface area contributed by atoms with Crippen molar-refractivity contribution in [3.8, 4) is 0 Å². The van der Waals surface area contributed by atoms with Gasteiger partial charge in [0.25, 0.3) is 5.69 Å². The van der Waals surface area contributed by atoms with E-state index in [0.29, 0.717) is 23.1 Å². The molecule has 0 spiro atoms. The second-order valence-corrected chi connectivity index (χ2v) is 6.25. The van der Waals surface area contributed by atoms with E-state index in [-0.39, 0.29) is 17.1 Å². The van der Waals surface area contributed by atoms with Crippen LogP contribution in [0.3, 0.4) is 0 Å². The fraction of sp³-hybridized carbons (Fsp3) is 0.462. The van der Waals surface area contributed by atoms with E-state index in [1.54, 1.807) is 6.07 Å². The lowest BCUT2D eigenvalue weighted by Gasteiger charge is -2.20. The number of nitrogens with one attached hydrogen (secondary N) is 2. The van der Waals surface area contributed by atoms with Crippen LogP contribution in [-0.2, 0) is 4.79 Å². The molecule has 1 amide bonds. The Kier molecular flexibility index (Phi) is 5.64. The highest BCUT2D eigenvalue weighted by Crippen LogP contribution is 2.27. The van der Waals surface area contributed by atoms with Gasteiger partial charge in [-0.1, -0.05) is 0 Å². The number of carbonyl (C=O) groups excluding carboxylic acids is 1. The summed E-state index contributed by atoms with van der Waals surface area (Å²) in [5.41, 5.74) is 0.295. The van der Waals surface area contributed by atoms with E-state index in [0.717, 1.165) is 0 Å². The van der Waals surface area contributed by atoms with Crippen molar-refractivity contribution in [1.82, 2.24) is 5.32 Å². The van der Waals surface area contributed by atoms with Gasteiger partial charge >= 0.3 is 0 Å². The van der Waals surface area contributed by atoms with Crippen LogP contribution in [0.5, 0.6) is 0 Å². The highest BCUT2D eigenvalue weighted by molar-refractivity contribution is 9.10. The van der Waals surface area contributed by atoms with E-state index in [1.165, 1.54) is 12.1 Å². The van der Waals surface area contributed by atoms with E-state index in [1.807, 2.05) is 20.8 Å². The van der Waals surface area contributed by atoms with Gasteiger partial charge in [-0.3, -0.25) is 14.9 Å². The molecule has 0 heterocycles. The molecule has 0 unspecified atom stereocenters. The maximum atomic E-state index is 11.8. The molecule has 20 heavy (non-hydrogen) atoms. The summed E-state index contributed by atoms with van der Waals surface area (Å²) in [6.07, 6.45) is 0.298. The second kappa shape index (κ2) is 6.81. The van der Waals surface area contributed by atoms with Gasteiger partial charge in [0.2, 0.25) is 5.91 Å². The zero-order chi connectivity index (χ0) is 15.3. The van der Waals surface area contributed by atoms with Crippen LogP contribution in [-0.4, -0.2) is 22.9 Å². The Hall–Kier alpha value is -1.47. The number of nitrogens with zero attached hydrogens (tertiary/aromatic N) is 1. The normalized spacial score (nSPS) is 11.2. The average molecular weight is 344 g/mol. The van der Waals surface area contributed by atoms with Crippen molar-refractivity contribution < 1.29 is 9.72 Å². The molecule has 0 saturated heterocycles. The van der Waals surface area contributed by atoms with Gasteiger partial charge in [-0.2, -0.15) is 0 Å². The summed E-state index contributed by atoms with van der Waals surface area (Å²) in [5.74, 6) is -0.192. The lowest BCUT2D eigenvalue weighted by Crippen LogP contribution is -2.37. The Bertz CT molecular complexity index is 512. The molecule has 1 aromatic rings. The van der Waals surface area contributed by atoms with Crippen LogP contribution in [0.4, 0.5) is 11.4 Å². The Morgan fingerprint density at radius 3 is 2.60 bits per heavy atom. The zero-order valence-electron chi connectivity index (χ0n) is 11.7. The second-order valence-electron chi connectivity index (χ2n) is 5.40. The Balaban J connectivity index is 2.62. The topological polar surface area (TPSA) is 84.3 Å². The van der Waals surface area contributed by atoms with Crippen molar-refractivity contribution >= 4 is 33.2 Å². The summed E-state index contributed by atoms with van der Waals surface area (Å²) in [6, 6.07) is 4.25. The number of benzene rings is 1. The summed E-state index contributed by atoms with van der Waals surface area (Å²) in [6.45, 7) is 6.59. The minimum absolute atomic E-state index is 0.0492. The molecule has 0 aliphatic heterocycles. The standard InChI is InChI=1S/C13H18BrN3O3/c1-13(2,3)15-7-6-12(18)16-11-8-9(17(19)20)4-5-10(11)14/h4-5,8,15H,6-7H2,1-3H3,(H,16,18). The van der Waals surface area contributed by atoms with Crippen LogP contribution < -0.4 is 10.6 Å². The minimum atomic E-state index is -0.497.